The summed E-state index contributed by atoms with van der Waals surface area (Å²) in [6, 6.07) is 3.58. The van der Waals surface area contributed by atoms with Gasteiger partial charge in [-0.25, -0.2) is 0 Å². The number of hydrogen-bond acceptors (Lipinski definition) is 3. The van der Waals surface area contributed by atoms with Gasteiger partial charge in [0.05, 0.1) is 0 Å². The van der Waals surface area contributed by atoms with E-state index in [4.69, 9.17) is 11.6 Å². The number of aromatic nitrogens is 2. The van der Waals surface area contributed by atoms with Crippen LogP contribution >= 0.6 is 11.6 Å². The zero-order chi connectivity index (χ0) is 10.2. The monoisotopic (exact) mass is 213 g/mol. The lowest BCUT2D eigenvalue weighted by Crippen LogP contribution is -2.03. The Morgan fingerprint density at radius 3 is 2.71 bits per heavy atom. The molecular formula is C10H16ClN3. The van der Waals surface area contributed by atoms with Crippen molar-refractivity contribution in [3.05, 3.63) is 17.3 Å². The molecule has 1 aromatic rings. The number of unbranched alkanes of at least 4 members (excludes halogenated alkanes) is 3. The highest BCUT2D eigenvalue weighted by molar-refractivity contribution is 6.29. The van der Waals surface area contributed by atoms with Crippen LogP contribution in [0.4, 0.5) is 5.82 Å². The Labute approximate surface area is 89.9 Å². The van der Waals surface area contributed by atoms with Gasteiger partial charge in [0, 0.05) is 6.54 Å². The molecule has 3 nitrogen and oxygen atoms in total. The summed E-state index contributed by atoms with van der Waals surface area (Å²) < 4.78 is 0. The van der Waals surface area contributed by atoms with Gasteiger partial charge in [0.1, 0.15) is 5.82 Å². The van der Waals surface area contributed by atoms with Crippen LogP contribution < -0.4 is 5.32 Å². The van der Waals surface area contributed by atoms with E-state index in [-0.39, 0.29) is 0 Å². The van der Waals surface area contributed by atoms with Crippen molar-refractivity contribution >= 4 is 17.4 Å². The minimum atomic E-state index is 0.432. The number of nitrogens with one attached hydrogen (secondary N) is 1. The van der Waals surface area contributed by atoms with Crippen molar-refractivity contribution < 1.29 is 0 Å². The van der Waals surface area contributed by atoms with Gasteiger partial charge in [0.25, 0.3) is 0 Å². The van der Waals surface area contributed by atoms with Gasteiger partial charge in [-0.15, -0.1) is 10.2 Å². The molecule has 0 saturated carbocycles. The summed E-state index contributed by atoms with van der Waals surface area (Å²) in [5.41, 5.74) is 0. The molecule has 1 heterocycles. The molecule has 4 heteroatoms. The molecule has 0 spiro atoms. The van der Waals surface area contributed by atoms with E-state index in [0.717, 1.165) is 12.4 Å². The lowest BCUT2D eigenvalue weighted by Gasteiger charge is -2.03. The zero-order valence-electron chi connectivity index (χ0n) is 8.46. The highest BCUT2D eigenvalue weighted by atomic mass is 35.5. The molecule has 1 N–H and O–H groups in total. The van der Waals surface area contributed by atoms with E-state index in [1.807, 2.05) is 6.07 Å². The number of hydrogen-bond donors (Lipinski definition) is 1. The molecule has 0 atom stereocenters. The second-order valence-electron chi connectivity index (χ2n) is 3.23. The van der Waals surface area contributed by atoms with Crippen molar-refractivity contribution in [3.63, 3.8) is 0 Å². The third-order valence-corrected chi connectivity index (χ3v) is 2.17. The Morgan fingerprint density at radius 1 is 1.21 bits per heavy atom. The lowest BCUT2D eigenvalue weighted by molar-refractivity contribution is 0.684. The van der Waals surface area contributed by atoms with Gasteiger partial charge in [-0.2, -0.15) is 0 Å². The molecule has 0 fully saturated rings. The molecule has 0 bridgehead atoms. The molecule has 0 radical (unpaired) electrons. The third kappa shape index (κ3) is 4.42. The standard InChI is InChI=1S/C10H16ClN3/c1-2-3-4-5-8-12-10-7-6-9(11)13-14-10/h6-7H,2-5,8H2,1H3,(H,12,14). The molecule has 0 aromatic carbocycles. The zero-order valence-corrected chi connectivity index (χ0v) is 9.22. The molecule has 0 unspecified atom stereocenters. The maximum Gasteiger partial charge on any atom is 0.151 e. The molecule has 0 saturated heterocycles. The second kappa shape index (κ2) is 6.60. The maximum absolute atomic E-state index is 5.61. The largest absolute Gasteiger partial charge is 0.369 e. The fourth-order valence-corrected chi connectivity index (χ4v) is 1.28. The summed E-state index contributed by atoms with van der Waals surface area (Å²) in [4.78, 5) is 0. The van der Waals surface area contributed by atoms with Crippen LogP contribution in [0.1, 0.15) is 32.6 Å². The van der Waals surface area contributed by atoms with Crippen molar-refractivity contribution in [2.75, 3.05) is 11.9 Å². The molecule has 1 rings (SSSR count). The first-order valence-corrected chi connectivity index (χ1v) is 5.44. The minimum absolute atomic E-state index is 0.432. The quantitative estimate of drug-likeness (QED) is 0.738. The van der Waals surface area contributed by atoms with Crippen LogP contribution in [0.15, 0.2) is 12.1 Å². The first kappa shape index (κ1) is 11.2. The second-order valence-corrected chi connectivity index (χ2v) is 3.62. The summed E-state index contributed by atoms with van der Waals surface area (Å²) in [5, 5.41) is 11.3. The lowest BCUT2D eigenvalue weighted by atomic mass is 10.2. The van der Waals surface area contributed by atoms with Gasteiger partial charge in [0.15, 0.2) is 5.15 Å². The van der Waals surface area contributed by atoms with Gasteiger partial charge in [-0.1, -0.05) is 37.8 Å². The minimum Gasteiger partial charge on any atom is -0.369 e. The van der Waals surface area contributed by atoms with Crippen LogP contribution in [-0.4, -0.2) is 16.7 Å². The first-order valence-electron chi connectivity index (χ1n) is 5.06. The maximum atomic E-state index is 5.61. The van der Waals surface area contributed by atoms with Gasteiger partial charge in [0.2, 0.25) is 0 Å². The van der Waals surface area contributed by atoms with Crippen LogP contribution in [0.25, 0.3) is 0 Å². The molecule has 14 heavy (non-hydrogen) atoms. The normalized spacial score (nSPS) is 10.1. The topological polar surface area (TPSA) is 37.8 Å². The van der Waals surface area contributed by atoms with Crippen LogP contribution in [-0.2, 0) is 0 Å². The molecule has 0 amide bonds. The van der Waals surface area contributed by atoms with E-state index in [1.54, 1.807) is 6.07 Å². The fraction of sp³-hybridized carbons (Fsp3) is 0.600. The van der Waals surface area contributed by atoms with E-state index in [1.165, 1.54) is 25.7 Å². The number of halogens is 1. The average Bonchev–Trinajstić information content (AvgIpc) is 2.21. The fourth-order valence-electron chi connectivity index (χ4n) is 1.18. The van der Waals surface area contributed by atoms with Crippen molar-refractivity contribution in [2.45, 2.75) is 32.6 Å². The molecule has 0 aliphatic carbocycles. The van der Waals surface area contributed by atoms with Gasteiger partial charge < -0.3 is 5.32 Å². The van der Waals surface area contributed by atoms with Crippen LogP contribution in [0, 0.1) is 0 Å². The van der Waals surface area contributed by atoms with Crippen molar-refractivity contribution in [3.8, 4) is 0 Å². The summed E-state index contributed by atoms with van der Waals surface area (Å²) in [5.74, 6) is 0.797. The highest BCUT2D eigenvalue weighted by Gasteiger charge is 1.94. The highest BCUT2D eigenvalue weighted by Crippen LogP contribution is 2.06. The molecule has 0 aliphatic heterocycles. The summed E-state index contributed by atoms with van der Waals surface area (Å²) in [6.45, 7) is 3.16. The van der Waals surface area contributed by atoms with Crippen molar-refractivity contribution in [1.29, 1.82) is 0 Å². The predicted octanol–water partition coefficient (Wildman–Crippen LogP) is 3.12. The molecule has 78 valence electrons. The molecular weight excluding hydrogens is 198 g/mol. The van der Waals surface area contributed by atoms with Gasteiger partial charge in [-0.3, -0.25) is 0 Å². The van der Waals surface area contributed by atoms with E-state index in [2.05, 4.69) is 22.4 Å². The number of rotatable bonds is 6. The van der Waals surface area contributed by atoms with E-state index < -0.39 is 0 Å². The smallest absolute Gasteiger partial charge is 0.151 e. The Bertz CT molecular complexity index is 248. The third-order valence-electron chi connectivity index (χ3n) is 1.97. The molecule has 0 aliphatic rings. The SMILES string of the molecule is CCCCCCNc1ccc(Cl)nn1. The average molecular weight is 214 g/mol. The van der Waals surface area contributed by atoms with Crippen LogP contribution in [0.3, 0.4) is 0 Å². The number of nitrogens with zero attached hydrogens (tertiary/aromatic N) is 2. The van der Waals surface area contributed by atoms with E-state index in [9.17, 15) is 0 Å². The predicted molar refractivity (Wildman–Crippen MR) is 59.7 cm³/mol. The van der Waals surface area contributed by atoms with Gasteiger partial charge >= 0.3 is 0 Å². The Balaban J connectivity index is 2.15. The van der Waals surface area contributed by atoms with Gasteiger partial charge in [-0.05, 0) is 18.6 Å². The first-order chi connectivity index (χ1) is 6.83. The van der Waals surface area contributed by atoms with E-state index >= 15 is 0 Å². The number of anilines is 1. The summed E-state index contributed by atoms with van der Waals surface area (Å²) >= 11 is 5.61. The van der Waals surface area contributed by atoms with Crippen molar-refractivity contribution in [2.24, 2.45) is 0 Å². The Kier molecular flexibility index (Phi) is 5.30. The van der Waals surface area contributed by atoms with Crippen LogP contribution in [0.2, 0.25) is 5.15 Å². The molecule has 1 aromatic heterocycles. The Hall–Kier alpha value is -0.830. The van der Waals surface area contributed by atoms with Crippen molar-refractivity contribution in [1.82, 2.24) is 10.2 Å². The summed E-state index contributed by atoms with van der Waals surface area (Å²) in [7, 11) is 0. The summed E-state index contributed by atoms with van der Waals surface area (Å²) in [6.07, 6.45) is 5.01. The van der Waals surface area contributed by atoms with Crippen LogP contribution in [0.5, 0.6) is 0 Å². The Morgan fingerprint density at radius 2 is 2.07 bits per heavy atom. The van der Waals surface area contributed by atoms with E-state index in [0.29, 0.717) is 5.15 Å².